The lowest BCUT2D eigenvalue weighted by Gasteiger charge is -2.37. The number of carbonyl (C=O) groups excluding carboxylic acids is 1. The van der Waals surface area contributed by atoms with Crippen LogP contribution in [-0.4, -0.2) is 48.8 Å². The number of hydrogen-bond acceptors (Lipinski definition) is 6. The first kappa shape index (κ1) is 32.5. The van der Waals surface area contributed by atoms with E-state index in [0.29, 0.717) is 17.2 Å². The summed E-state index contributed by atoms with van der Waals surface area (Å²) in [7, 11) is -2.24. The Bertz CT molecular complexity index is 1400. The van der Waals surface area contributed by atoms with Crippen LogP contribution in [0.4, 0.5) is 13.2 Å². The Balaban J connectivity index is 2.03. The molecule has 0 N–H and O–H groups in total. The van der Waals surface area contributed by atoms with Gasteiger partial charge in [-0.1, -0.05) is 51.8 Å². The predicted octanol–water partition coefficient (Wildman–Crippen LogP) is 5.22. The Morgan fingerprint density at radius 1 is 1.12 bits per heavy atom. The van der Waals surface area contributed by atoms with E-state index in [1.54, 1.807) is 6.07 Å². The van der Waals surface area contributed by atoms with Crippen molar-refractivity contribution in [3.63, 3.8) is 0 Å². The van der Waals surface area contributed by atoms with Gasteiger partial charge in [-0.05, 0) is 36.7 Å². The normalized spacial score (nSPS) is 19.6. The summed E-state index contributed by atoms with van der Waals surface area (Å²) in [4.78, 5) is 39.3. The third kappa shape index (κ3) is 7.65. The van der Waals surface area contributed by atoms with Gasteiger partial charge in [-0.2, -0.15) is 17.7 Å². The second-order valence-corrected chi connectivity index (χ2v) is 16.2. The fourth-order valence-corrected chi connectivity index (χ4v) is 4.99. The van der Waals surface area contributed by atoms with Crippen molar-refractivity contribution in [1.82, 2.24) is 9.13 Å². The van der Waals surface area contributed by atoms with Crippen LogP contribution >= 0.6 is 0 Å². The van der Waals surface area contributed by atoms with E-state index in [4.69, 9.17) is 13.9 Å². The molecule has 8 nitrogen and oxygen atoms in total. The Labute approximate surface area is 238 Å². The van der Waals surface area contributed by atoms with Crippen molar-refractivity contribution in [2.45, 2.75) is 89.7 Å². The number of unbranched alkanes of at least 4 members (excludes halogenated alkanes) is 1. The highest BCUT2D eigenvalue weighted by molar-refractivity contribution is 6.74. The molecule has 224 valence electrons. The Kier molecular flexibility index (Phi) is 10.2. The van der Waals surface area contributed by atoms with E-state index < -0.39 is 55.6 Å². The number of halogens is 3. The summed E-state index contributed by atoms with van der Waals surface area (Å²) in [6.45, 7) is 12.5. The number of benzene rings is 1. The van der Waals surface area contributed by atoms with E-state index in [-0.39, 0.29) is 34.8 Å². The lowest BCUT2D eigenvalue weighted by molar-refractivity contribution is -0.139. The van der Waals surface area contributed by atoms with E-state index in [0.717, 1.165) is 6.42 Å². The highest BCUT2D eigenvalue weighted by Gasteiger charge is 2.44. The van der Waals surface area contributed by atoms with Gasteiger partial charge in [0.2, 0.25) is 0 Å². The molecule has 3 atom stereocenters. The van der Waals surface area contributed by atoms with Gasteiger partial charge in [-0.15, -0.1) is 5.92 Å². The molecule has 0 spiro atoms. The molecule has 1 aliphatic rings. The molecule has 1 fully saturated rings. The molecule has 0 aliphatic carbocycles. The lowest BCUT2D eigenvalue weighted by atomic mass is 10.2. The average molecular weight is 595 g/mol. The number of hydrogen-bond donors (Lipinski definition) is 0. The second-order valence-electron chi connectivity index (χ2n) is 11.4. The number of nitrogens with zero attached hydrogens (tertiary/aromatic N) is 2. The largest absolute Gasteiger partial charge is 0.423 e. The van der Waals surface area contributed by atoms with Crippen molar-refractivity contribution < 1.29 is 31.9 Å². The van der Waals surface area contributed by atoms with Crippen molar-refractivity contribution >= 4 is 14.2 Å². The molecule has 0 amide bonds. The van der Waals surface area contributed by atoms with Crippen molar-refractivity contribution in [1.29, 1.82) is 0 Å². The second kappa shape index (κ2) is 12.9. The molecule has 0 bridgehead atoms. The minimum Gasteiger partial charge on any atom is -0.414 e. The van der Waals surface area contributed by atoms with E-state index in [1.165, 1.54) is 24.3 Å². The summed E-state index contributed by atoms with van der Waals surface area (Å²) in [5.41, 5.74) is -4.76. The molecule has 1 saturated heterocycles. The van der Waals surface area contributed by atoms with Crippen LogP contribution in [0.2, 0.25) is 18.1 Å². The van der Waals surface area contributed by atoms with Crippen LogP contribution in [0.3, 0.4) is 0 Å². The Morgan fingerprint density at radius 2 is 1.78 bits per heavy atom. The zero-order valence-corrected chi connectivity index (χ0v) is 25.2. The van der Waals surface area contributed by atoms with E-state index >= 15 is 0 Å². The maximum Gasteiger partial charge on any atom is 0.423 e. The number of carbonyl (C=O) groups is 1. The molecule has 2 aromatic rings. The highest BCUT2D eigenvalue weighted by Crippen LogP contribution is 2.38. The maximum atomic E-state index is 13.9. The Hall–Kier alpha value is -2.98. The number of rotatable bonds is 8. The zero-order chi connectivity index (χ0) is 30.6. The van der Waals surface area contributed by atoms with Gasteiger partial charge >= 0.3 is 11.9 Å². The standard InChI is InChI=1S/C29H37F3N2O6Si/c1-7-8-9-13-16-38-22-17-24(40-23(22)19-39-41(5,6)28(2,3)4)33-18-21(29(30,31)32)26(36)34(27(33)37)25(35)20-14-11-10-12-15-20/h10-12,14-15,18,22-24H,7-8,16-17,19H2,1-6H3/t22-,23+,24+/m0/s1. The van der Waals surface area contributed by atoms with Crippen molar-refractivity contribution in [2.24, 2.45) is 0 Å². The molecule has 12 heteroatoms. The van der Waals surface area contributed by atoms with E-state index in [1.807, 2.05) is 6.92 Å². The minimum absolute atomic E-state index is 0.00700. The van der Waals surface area contributed by atoms with Crippen molar-refractivity contribution in [3.8, 4) is 11.8 Å². The highest BCUT2D eigenvalue weighted by atomic mass is 28.4. The van der Waals surface area contributed by atoms with Crippen LogP contribution in [0, 0.1) is 11.8 Å². The van der Waals surface area contributed by atoms with Gasteiger partial charge in [0.25, 0.3) is 11.5 Å². The third-order valence-electron chi connectivity index (χ3n) is 7.42. The van der Waals surface area contributed by atoms with Crippen LogP contribution in [-0.2, 0) is 20.1 Å². The third-order valence-corrected chi connectivity index (χ3v) is 11.9. The summed E-state index contributed by atoms with van der Waals surface area (Å²) in [5, 5.41) is -0.112. The number of aromatic nitrogens is 2. The average Bonchev–Trinajstić information content (AvgIpc) is 3.29. The van der Waals surface area contributed by atoms with Crippen LogP contribution in [0.1, 0.15) is 69.1 Å². The summed E-state index contributed by atoms with van der Waals surface area (Å²) in [6.07, 6.45) is -5.79. The molecular weight excluding hydrogens is 557 g/mol. The quantitative estimate of drug-likeness (QED) is 0.308. The van der Waals surface area contributed by atoms with E-state index in [9.17, 15) is 27.6 Å². The molecule has 1 aromatic carbocycles. The first-order valence-corrected chi connectivity index (χ1v) is 16.4. The molecule has 0 radical (unpaired) electrons. The predicted molar refractivity (Wildman–Crippen MR) is 150 cm³/mol. The van der Waals surface area contributed by atoms with E-state index in [2.05, 4.69) is 45.7 Å². The minimum atomic E-state index is -5.13. The van der Waals surface area contributed by atoms with Crippen LogP contribution in [0.15, 0.2) is 46.1 Å². The summed E-state index contributed by atoms with van der Waals surface area (Å²) >= 11 is 0. The van der Waals surface area contributed by atoms with Crippen LogP contribution < -0.4 is 11.2 Å². The monoisotopic (exact) mass is 594 g/mol. The Morgan fingerprint density at radius 3 is 2.37 bits per heavy atom. The van der Waals surface area contributed by atoms with Gasteiger partial charge in [0.1, 0.15) is 24.5 Å². The van der Waals surface area contributed by atoms with Gasteiger partial charge in [-0.3, -0.25) is 14.2 Å². The first-order valence-electron chi connectivity index (χ1n) is 13.5. The molecule has 0 saturated carbocycles. The summed E-state index contributed by atoms with van der Waals surface area (Å²) < 4.78 is 60.8. The van der Waals surface area contributed by atoms with Crippen molar-refractivity contribution in [2.75, 3.05) is 13.2 Å². The first-order chi connectivity index (χ1) is 19.1. The van der Waals surface area contributed by atoms with Gasteiger partial charge in [0, 0.05) is 24.6 Å². The van der Waals surface area contributed by atoms with Gasteiger partial charge in [0.15, 0.2) is 8.32 Å². The van der Waals surface area contributed by atoms with Crippen molar-refractivity contribution in [3.05, 3.63) is 68.5 Å². The van der Waals surface area contributed by atoms with Crippen LogP contribution in [0.5, 0.6) is 0 Å². The fraction of sp³-hybridized carbons (Fsp3) is 0.552. The fourth-order valence-electron chi connectivity index (χ4n) is 3.98. The smallest absolute Gasteiger partial charge is 0.414 e. The molecule has 3 rings (SSSR count). The van der Waals surface area contributed by atoms with Gasteiger partial charge in [0.05, 0.1) is 12.7 Å². The lowest BCUT2D eigenvalue weighted by Crippen LogP contribution is -2.47. The van der Waals surface area contributed by atoms with Crippen LogP contribution in [0.25, 0.3) is 0 Å². The van der Waals surface area contributed by atoms with Gasteiger partial charge < -0.3 is 13.9 Å². The summed E-state index contributed by atoms with van der Waals surface area (Å²) in [6, 6.07) is 7.16. The molecule has 41 heavy (non-hydrogen) atoms. The molecule has 0 unspecified atom stereocenters. The summed E-state index contributed by atoms with van der Waals surface area (Å²) in [5.74, 6) is 4.71. The molecule has 2 heterocycles. The zero-order valence-electron chi connectivity index (χ0n) is 24.2. The molecule has 1 aliphatic heterocycles. The molecular formula is C29H37F3N2O6Si. The topological polar surface area (TPSA) is 88.8 Å². The van der Waals surface area contributed by atoms with Gasteiger partial charge in [-0.25, -0.2) is 4.79 Å². The molecule has 1 aromatic heterocycles. The SMILES string of the molecule is CCCC#CCO[C@H]1C[C@H](n2cc(C(F)(F)F)c(=O)n(C(=O)c3ccccc3)c2=O)O[C@@H]1CO[Si](C)(C)C(C)(C)C. The number of ether oxygens (including phenoxy) is 2. The number of alkyl halides is 3. The maximum absolute atomic E-state index is 13.9.